The highest BCUT2D eigenvalue weighted by atomic mass is 16.5. The van der Waals surface area contributed by atoms with Crippen molar-refractivity contribution in [2.75, 3.05) is 32.1 Å². The molecule has 0 bridgehead atoms. The molecule has 1 aliphatic rings. The summed E-state index contributed by atoms with van der Waals surface area (Å²) >= 11 is 0. The number of nitrogens with zero attached hydrogens (tertiary/aromatic N) is 2. The number of aliphatic hydroxyl groups is 1. The van der Waals surface area contributed by atoms with Crippen LogP contribution in [0.1, 0.15) is 29.8 Å². The molecule has 3 amide bonds. The molecule has 43 heavy (non-hydrogen) atoms. The molecule has 0 saturated carbocycles. The van der Waals surface area contributed by atoms with Crippen LogP contribution in [0.4, 0.5) is 10.5 Å². The lowest BCUT2D eigenvalue weighted by Gasteiger charge is -2.35. The molecule has 222 valence electrons. The number of nitrogens with one attached hydrogen (secondary N) is 1. The Kier molecular flexibility index (Phi) is 9.55. The van der Waals surface area contributed by atoms with Gasteiger partial charge in [-0.3, -0.25) is 4.79 Å². The summed E-state index contributed by atoms with van der Waals surface area (Å²) in [6.07, 6.45) is -0.369. The average Bonchev–Trinajstić information content (AvgIpc) is 3.06. The van der Waals surface area contributed by atoms with Crippen LogP contribution in [0.25, 0.3) is 22.3 Å². The van der Waals surface area contributed by atoms with Crippen LogP contribution in [0.3, 0.4) is 0 Å². The van der Waals surface area contributed by atoms with Crippen molar-refractivity contribution in [1.82, 2.24) is 9.80 Å². The van der Waals surface area contributed by atoms with Crippen LogP contribution >= 0.6 is 0 Å². The van der Waals surface area contributed by atoms with Crippen molar-refractivity contribution in [2.45, 2.75) is 32.6 Å². The Morgan fingerprint density at radius 3 is 2.21 bits per heavy atom. The minimum atomic E-state index is -0.389. The molecule has 4 aromatic rings. The summed E-state index contributed by atoms with van der Waals surface area (Å²) in [5.41, 5.74) is 6.22. The zero-order valence-electron chi connectivity index (χ0n) is 24.9. The number of urea groups is 1. The molecular formula is C36H39N3O4. The van der Waals surface area contributed by atoms with Gasteiger partial charge in [0.15, 0.2) is 0 Å². The third kappa shape index (κ3) is 6.96. The fourth-order valence-electron chi connectivity index (χ4n) is 5.50. The van der Waals surface area contributed by atoms with Crippen molar-refractivity contribution < 1.29 is 19.4 Å². The van der Waals surface area contributed by atoms with Gasteiger partial charge >= 0.3 is 6.03 Å². The number of carbonyl (C=O) groups is 2. The Hall–Kier alpha value is -4.46. The van der Waals surface area contributed by atoms with E-state index in [1.165, 1.54) is 0 Å². The molecule has 4 aromatic carbocycles. The monoisotopic (exact) mass is 577 g/mol. The van der Waals surface area contributed by atoms with E-state index in [1.54, 1.807) is 16.8 Å². The molecule has 1 heterocycles. The third-order valence-corrected chi connectivity index (χ3v) is 8.14. The number of amides is 3. The number of fused-ring (bicyclic) bond motifs is 3. The van der Waals surface area contributed by atoms with Gasteiger partial charge in [-0.05, 0) is 52.9 Å². The number of carbonyl (C=O) groups excluding carboxylic acids is 2. The summed E-state index contributed by atoms with van der Waals surface area (Å²) in [6, 6.07) is 32.8. The Labute approximate surface area is 253 Å². The van der Waals surface area contributed by atoms with Gasteiger partial charge in [-0.1, -0.05) is 91.9 Å². The number of aliphatic hydroxyl groups excluding tert-OH is 1. The lowest BCUT2D eigenvalue weighted by Crippen LogP contribution is -2.48. The van der Waals surface area contributed by atoms with Gasteiger partial charge in [-0.2, -0.15) is 0 Å². The van der Waals surface area contributed by atoms with E-state index < -0.39 is 0 Å². The second-order valence-electron chi connectivity index (χ2n) is 11.3. The Morgan fingerprint density at radius 2 is 1.51 bits per heavy atom. The predicted octanol–water partition coefficient (Wildman–Crippen LogP) is 6.54. The summed E-state index contributed by atoms with van der Waals surface area (Å²) in [5, 5.41) is 13.0. The molecule has 0 aromatic heterocycles. The molecule has 0 unspecified atom stereocenters. The Morgan fingerprint density at radius 1 is 0.907 bits per heavy atom. The molecule has 7 nitrogen and oxygen atoms in total. The molecule has 0 aliphatic carbocycles. The molecule has 2 N–H and O–H groups in total. The molecule has 7 heteroatoms. The average molecular weight is 578 g/mol. The highest BCUT2D eigenvalue weighted by Gasteiger charge is 2.31. The quantitative estimate of drug-likeness (QED) is 0.273. The van der Waals surface area contributed by atoms with Crippen LogP contribution in [-0.2, 0) is 11.3 Å². The van der Waals surface area contributed by atoms with Crippen molar-refractivity contribution >= 4 is 17.6 Å². The molecule has 0 saturated heterocycles. The van der Waals surface area contributed by atoms with Gasteiger partial charge in [-0.25, -0.2) is 4.79 Å². The van der Waals surface area contributed by atoms with Crippen LogP contribution in [0.2, 0.25) is 0 Å². The summed E-state index contributed by atoms with van der Waals surface area (Å²) in [5.74, 6) is -0.264. The maximum atomic E-state index is 14.0. The lowest BCUT2D eigenvalue weighted by molar-refractivity contribution is -0.0178. The van der Waals surface area contributed by atoms with Gasteiger partial charge in [0.1, 0.15) is 0 Å². The van der Waals surface area contributed by atoms with Crippen molar-refractivity contribution in [3.8, 4) is 22.3 Å². The smallest absolute Gasteiger partial charge is 0.321 e. The molecule has 3 atom stereocenters. The standard InChI is InChI=1S/C36H39N3O4/c1-25-21-39(26(2)23-40)35(41)33-16-10-9-15-32(33)31-14-8-7-13-29(31)24-43-34(25)22-38(3)36(42)37-30-19-17-28(18-20-30)27-11-5-4-6-12-27/h4-20,25-26,34,40H,21-24H2,1-3H3,(H,37,42)/t25-,26-,34+/m0/s1. The topological polar surface area (TPSA) is 82.1 Å². The summed E-state index contributed by atoms with van der Waals surface area (Å²) < 4.78 is 6.54. The third-order valence-electron chi connectivity index (χ3n) is 8.14. The lowest BCUT2D eigenvalue weighted by atomic mass is 9.94. The minimum absolute atomic E-state index is 0.129. The van der Waals surface area contributed by atoms with Gasteiger partial charge in [0.05, 0.1) is 25.4 Å². The number of likely N-dealkylation sites (N-methyl/N-ethyl adjacent to an activating group) is 1. The predicted molar refractivity (Wildman–Crippen MR) is 171 cm³/mol. The summed E-state index contributed by atoms with van der Waals surface area (Å²) in [7, 11) is 1.75. The summed E-state index contributed by atoms with van der Waals surface area (Å²) in [4.78, 5) is 30.6. The number of hydrogen-bond donors (Lipinski definition) is 2. The second-order valence-corrected chi connectivity index (χ2v) is 11.3. The largest absolute Gasteiger partial charge is 0.394 e. The molecule has 1 aliphatic heterocycles. The first-order valence-corrected chi connectivity index (χ1v) is 14.7. The van der Waals surface area contributed by atoms with E-state index in [-0.39, 0.29) is 36.6 Å². The summed E-state index contributed by atoms with van der Waals surface area (Å²) in [6.45, 7) is 4.73. The van der Waals surface area contributed by atoms with Gasteiger partial charge in [0.2, 0.25) is 0 Å². The maximum absolute atomic E-state index is 14.0. The maximum Gasteiger partial charge on any atom is 0.321 e. The van der Waals surface area contributed by atoms with Crippen LogP contribution < -0.4 is 5.32 Å². The normalized spacial score (nSPS) is 17.7. The van der Waals surface area contributed by atoms with E-state index in [0.717, 1.165) is 27.8 Å². The van der Waals surface area contributed by atoms with Crippen molar-refractivity contribution in [2.24, 2.45) is 5.92 Å². The number of anilines is 1. The molecule has 5 rings (SSSR count). The molecule has 0 radical (unpaired) electrons. The number of hydrogen-bond acceptors (Lipinski definition) is 4. The fraction of sp³-hybridized carbons (Fsp3) is 0.278. The van der Waals surface area contributed by atoms with Crippen molar-refractivity contribution in [3.05, 3.63) is 114 Å². The second kappa shape index (κ2) is 13.7. The first-order valence-electron chi connectivity index (χ1n) is 14.7. The number of benzene rings is 4. The Balaban J connectivity index is 1.36. The Bertz CT molecular complexity index is 1540. The number of ether oxygens (including phenoxy) is 1. The van der Waals surface area contributed by atoms with E-state index in [4.69, 9.17) is 4.74 Å². The molecule has 0 spiro atoms. The van der Waals surface area contributed by atoms with E-state index in [2.05, 4.69) is 17.4 Å². The van der Waals surface area contributed by atoms with Crippen molar-refractivity contribution in [3.63, 3.8) is 0 Å². The zero-order valence-corrected chi connectivity index (χ0v) is 24.9. The van der Waals surface area contributed by atoms with E-state index in [9.17, 15) is 14.7 Å². The van der Waals surface area contributed by atoms with Gasteiger partial charge < -0.3 is 25.0 Å². The van der Waals surface area contributed by atoms with E-state index in [1.807, 2.05) is 105 Å². The van der Waals surface area contributed by atoms with Crippen LogP contribution in [-0.4, -0.2) is 65.7 Å². The minimum Gasteiger partial charge on any atom is -0.394 e. The van der Waals surface area contributed by atoms with Crippen LogP contribution in [0, 0.1) is 5.92 Å². The van der Waals surface area contributed by atoms with E-state index >= 15 is 0 Å². The van der Waals surface area contributed by atoms with Crippen LogP contribution in [0.15, 0.2) is 103 Å². The van der Waals surface area contributed by atoms with Gasteiger partial charge in [0, 0.05) is 37.3 Å². The van der Waals surface area contributed by atoms with Gasteiger partial charge in [-0.15, -0.1) is 0 Å². The highest BCUT2D eigenvalue weighted by Crippen LogP contribution is 2.31. The highest BCUT2D eigenvalue weighted by molar-refractivity contribution is 6.01. The van der Waals surface area contributed by atoms with E-state index in [0.29, 0.717) is 30.9 Å². The molecule has 0 fully saturated rings. The fourth-order valence-corrected chi connectivity index (χ4v) is 5.50. The van der Waals surface area contributed by atoms with Crippen LogP contribution in [0.5, 0.6) is 0 Å². The van der Waals surface area contributed by atoms with Gasteiger partial charge in [0.25, 0.3) is 5.91 Å². The first-order chi connectivity index (χ1) is 20.9. The SMILES string of the molecule is C[C@H]1CN([C@@H](C)CO)C(=O)c2ccccc2-c2ccccc2CO[C@@H]1CN(C)C(=O)Nc1ccc(-c2ccccc2)cc1. The van der Waals surface area contributed by atoms with Crippen molar-refractivity contribution in [1.29, 1.82) is 0 Å². The zero-order chi connectivity index (χ0) is 30.3. The molecular weight excluding hydrogens is 538 g/mol. The first kappa shape index (κ1) is 30.0. The number of rotatable bonds is 6.